The minimum Gasteiger partial charge on any atom is -0.493 e. The van der Waals surface area contributed by atoms with E-state index in [-0.39, 0.29) is 5.41 Å². The molecule has 0 radical (unpaired) electrons. The molecule has 0 aliphatic rings. The van der Waals surface area contributed by atoms with Crippen LogP contribution in [0.25, 0.3) is 0 Å². The van der Waals surface area contributed by atoms with E-state index in [0.29, 0.717) is 5.56 Å². The van der Waals surface area contributed by atoms with Crippen molar-refractivity contribution < 1.29 is 9.53 Å². The molecule has 1 aromatic rings. The van der Waals surface area contributed by atoms with Gasteiger partial charge in [-0.1, -0.05) is 72.6 Å². The van der Waals surface area contributed by atoms with Gasteiger partial charge in [-0.2, -0.15) is 0 Å². The summed E-state index contributed by atoms with van der Waals surface area (Å²) in [6.45, 7) is 9.33. The zero-order valence-corrected chi connectivity index (χ0v) is 16.5. The van der Waals surface area contributed by atoms with Crippen LogP contribution in [0.4, 0.5) is 0 Å². The van der Waals surface area contributed by atoms with Crippen LogP contribution in [0, 0.1) is 0 Å². The summed E-state index contributed by atoms with van der Waals surface area (Å²) in [5.74, 6) is 0.868. The minimum atomic E-state index is -0.421. The van der Waals surface area contributed by atoms with Gasteiger partial charge in [0.15, 0.2) is 0 Å². The van der Waals surface area contributed by atoms with Crippen LogP contribution < -0.4 is 4.74 Å². The molecule has 0 saturated carbocycles. The Morgan fingerprint density at radius 2 is 1.58 bits per heavy atom. The van der Waals surface area contributed by atoms with E-state index in [1.165, 1.54) is 44.9 Å². The Morgan fingerprint density at radius 3 is 2.12 bits per heavy atom. The Hall–Kier alpha value is -1.02. The molecule has 0 bridgehead atoms. The van der Waals surface area contributed by atoms with Crippen molar-refractivity contribution in [3.8, 4) is 5.75 Å². The minimum absolute atomic E-state index is 0.0863. The summed E-state index contributed by atoms with van der Waals surface area (Å²) in [5.41, 5.74) is 1.48. The second-order valence-corrected chi connectivity index (χ2v) is 7.90. The molecule has 136 valence electrons. The number of unbranched alkanes of at least 4 members (excludes halogenated alkanes) is 7. The van der Waals surface area contributed by atoms with Gasteiger partial charge in [0, 0.05) is 11.1 Å². The molecule has 0 aliphatic carbocycles. The van der Waals surface area contributed by atoms with Gasteiger partial charge in [0.05, 0.1) is 6.61 Å². The average Bonchev–Trinajstić information content (AvgIpc) is 2.52. The maximum absolute atomic E-state index is 11.4. The van der Waals surface area contributed by atoms with Gasteiger partial charge in [0.1, 0.15) is 5.75 Å². The summed E-state index contributed by atoms with van der Waals surface area (Å²) in [5, 5.41) is -0.421. The molecule has 3 heteroatoms. The maximum atomic E-state index is 11.4. The monoisotopic (exact) mass is 352 g/mol. The molecule has 0 fully saturated rings. The molecule has 1 rings (SSSR count). The van der Waals surface area contributed by atoms with Gasteiger partial charge in [-0.3, -0.25) is 4.79 Å². The number of hydrogen-bond donors (Lipinski definition) is 0. The van der Waals surface area contributed by atoms with Gasteiger partial charge in [-0.15, -0.1) is 0 Å². The van der Waals surface area contributed by atoms with Crippen LogP contribution in [0.5, 0.6) is 5.75 Å². The van der Waals surface area contributed by atoms with E-state index in [1.807, 2.05) is 12.1 Å². The van der Waals surface area contributed by atoms with E-state index in [0.717, 1.165) is 24.3 Å². The van der Waals surface area contributed by atoms with Crippen LogP contribution in [0.3, 0.4) is 0 Å². The lowest BCUT2D eigenvalue weighted by molar-refractivity contribution is 0.108. The van der Waals surface area contributed by atoms with E-state index in [9.17, 15) is 4.79 Å². The second kappa shape index (κ2) is 10.8. The van der Waals surface area contributed by atoms with Crippen LogP contribution in [0.2, 0.25) is 0 Å². The van der Waals surface area contributed by atoms with Gasteiger partial charge in [0.25, 0.3) is 5.24 Å². The Kier molecular flexibility index (Phi) is 9.43. The molecule has 0 N–H and O–H groups in total. The fourth-order valence-electron chi connectivity index (χ4n) is 2.78. The van der Waals surface area contributed by atoms with Crippen molar-refractivity contribution in [3.05, 3.63) is 29.3 Å². The maximum Gasteiger partial charge on any atom is 0.252 e. The van der Waals surface area contributed by atoms with Gasteiger partial charge >= 0.3 is 0 Å². The first-order valence-corrected chi connectivity index (χ1v) is 9.71. The third kappa shape index (κ3) is 7.70. The van der Waals surface area contributed by atoms with Crippen LogP contribution in [0.15, 0.2) is 18.2 Å². The lowest BCUT2D eigenvalue weighted by Gasteiger charge is -2.23. The highest BCUT2D eigenvalue weighted by atomic mass is 35.5. The Labute approximate surface area is 152 Å². The Balaban J connectivity index is 2.43. The first kappa shape index (κ1) is 21.0. The molecule has 0 unspecified atom stereocenters. The van der Waals surface area contributed by atoms with E-state index < -0.39 is 5.24 Å². The largest absolute Gasteiger partial charge is 0.493 e. The summed E-state index contributed by atoms with van der Waals surface area (Å²) in [4.78, 5) is 11.4. The standard InChI is InChI=1S/C21H33ClO2/c1-5-6-7-8-9-10-11-12-15-24-19-14-13-17(20(22)23)16-18(19)21(2,3)4/h13-14,16H,5-12,15H2,1-4H3. The van der Waals surface area contributed by atoms with E-state index in [4.69, 9.17) is 16.3 Å². The molecule has 1 aromatic carbocycles. The molecule has 2 nitrogen and oxygen atoms in total. The smallest absolute Gasteiger partial charge is 0.252 e. The molecule has 0 spiro atoms. The first-order chi connectivity index (χ1) is 11.4. The zero-order chi connectivity index (χ0) is 18.0. The second-order valence-electron chi connectivity index (χ2n) is 7.56. The number of carbonyl (C=O) groups is 1. The van der Waals surface area contributed by atoms with Gasteiger partial charge in [-0.05, 0) is 41.6 Å². The summed E-state index contributed by atoms with van der Waals surface area (Å²) in [6.07, 6.45) is 10.3. The van der Waals surface area contributed by atoms with Crippen LogP contribution in [-0.4, -0.2) is 11.8 Å². The summed E-state index contributed by atoms with van der Waals surface area (Å²) in [6, 6.07) is 5.48. The normalized spacial score (nSPS) is 11.5. The summed E-state index contributed by atoms with van der Waals surface area (Å²) in [7, 11) is 0. The third-order valence-corrected chi connectivity index (χ3v) is 4.49. The van der Waals surface area contributed by atoms with Gasteiger partial charge < -0.3 is 4.74 Å². The van der Waals surface area contributed by atoms with Gasteiger partial charge in [0.2, 0.25) is 0 Å². The number of carbonyl (C=O) groups excluding carboxylic acids is 1. The predicted octanol–water partition coefficient (Wildman–Crippen LogP) is 6.88. The number of ether oxygens (including phenoxy) is 1. The Bertz CT molecular complexity index is 503. The lowest BCUT2D eigenvalue weighted by Crippen LogP contribution is -2.14. The highest BCUT2D eigenvalue weighted by Crippen LogP contribution is 2.32. The summed E-state index contributed by atoms with van der Waals surface area (Å²) < 4.78 is 5.99. The molecule has 0 aromatic heterocycles. The molecular weight excluding hydrogens is 320 g/mol. The van der Waals surface area contributed by atoms with Crippen molar-refractivity contribution in [2.75, 3.05) is 6.61 Å². The number of rotatable bonds is 11. The zero-order valence-electron chi connectivity index (χ0n) is 15.8. The van der Waals surface area contributed by atoms with Crippen molar-refractivity contribution >= 4 is 16.8 Å². The molecule has 0 atom stereocenters. The topological polar surface area (TPSA) is 26.3 Å². The van der Waals surface area contributed by atoms with Crippen LogP contribution >= 0.6 is 11.6 Å². The third-order valence-electron chi connectivity index (χ3n) is 4.27. The van der Waals surface area contributed by atoms with Crippen molar-refractivity contribution in [2.45, 2.75) is 84.5 Å². The van der Waals surface area contributed by atoms with Crippen LogP contribution in [-0.2, 0) is 5.41 Å². The van der Waals surface area contributed by atoms with Crippen LogP contribution in [0.1, 0.15) is 95.0 Å². The summed E-state index contributed by atoms with van der Waals surface area (Å²) >= 11 is 5.60. The Morgan fingerprint density at radius 1 is 1.00 bits per heavy atom. The molecular formula is C21H33ClO2. The van der Waals surface area contributed by atoms with E-state index in [2.05, 4.69) is 27.7 Å². The quantitative estimate of drug-likeness (QED) is 0.320. The molecule has 24 heavy (non-hydrogen) atoms. The van der Waals surface area contributed by atoms with Gasteiger partial charge in [-0.25, -0.2) is 0 Å². The van der Waals surface area contributed by atoms with Crippen molar-refractivity contribution in [1.82, 2.24) is 0 Å². The lowest BCUT2D eigenvalue weighted by atomic mass is 9.85. The van der Waals surface area contributed by atoms with Crippen molar-refractivity contribution in [1.29, 1.82) is 0 Å². The molecule has 0 aliphatic heterocycles. The molecule has 0 amide bonds. The highest BCUT2D eigenvalue weighted by Gasteiger charge is 2.20. The first-order valence-electron chi connectivity index (χ1n) is 9.33. The van der Waals surface area contributed by atoms with E-state index >= 15 is 0 Å². The number of halogens is 1. The van der Waals surface area contributed by atoms with Crippen molar-refractivity contribution in [2.24, 2.45) is 0 Å². The van der Waals surface area contributed by atoms with Crippen molar-refractivity contribution in [3.63, 3.8) is 0 Å². The predicted molar refractivity (Wildman–Crippen MR) is 103 cm³/mol. The average molecular weight is 353 g/mol. The fourth-order valence-corrected chi connectivity index (χ4v) is 2.90. The molecule has 0 heterocycles. The molecule has 0 saturated heterocycles. The van der Waals surface area contributed by atoms with E-state index in [1.54, 1.807) is 6.07 Å². The highest BCUT2D eigenvalue weighted by molar-refractivity contribution is 6.67. The number of hydrogen-bond acceptors (Lipinski definition) is 2. The fraction of sp³-hybridized carbons (Fsp3) is 0.667. The number of benzene rings is 1. The SMILES string of the molecule is CCCCCCCCCCOc1ccc(C(=O)Cl)cc1C(C)(C)C.